The molecule has 0 N–H and O–H groups in total. The third-order valence-corrected chi connectivity index (χ3v) is 4.17. The normalized spacial score (nSPS) is 14.1. The van der Waals surface area contributed by atoms with E-state index in [-0.39, 0.29) is 5.56 Å². The molecule has 25 heavy (non-hydrogen) atoms. The molecule has 0 fully saturated rings. The molecule has 0 bridgehead atoms. The lowest BCUT2D eigenvalue weighted by molar-refractivity contribution is 0.126. The second-order valence-electron chi connectivity index (χ2n) is 6.19. The van der Waals surface area contributed by atoms with Gasteiger partial charge in [-0.2, -0.15) is 0 Å². The van der Waals surface area contributed by atoms with E-state index in [0.29, 0.717) is 29.0 Å². The van der Waals surface area contributed by atoms with Gasteiger partial charge in [-0.3, -0.25) is 9.36 Å². The molecule has 2 heterocycles. The molecular weight excluding hydrogens is 316 g/mol. The maximum Gasteiger partial charge on any atom is 0.266 e. The van der Waals surface area contributed by atoms with Gasteiger partial charge in [0, 0.05) is 12.1 Å². The van der Waals surface area contributed by atoms with E-state index in [9.17, 15) is 4.79 Å². The number of hydrogen-bond acceptors (Lipinski definition) is 5. The molecule has 0 spiro atoms. The third kappa shape index (κ3) is 2.60. The Bertz CT molecular complexity index is 1040. The topological polar surface area (TPSA) is 59.7 Å². The third-order valence-electron chi connectivity index (χ3n) is 4.17. The Hall–Kier alpha value is -2.99. The summed E-state index contributed by atoms with van der Waals surface area (Å²) in [6.45, 7) is 1.23. The minimum absolute atomic E-state index is 0.0912. The highest BCUT2D eigenvalue weighted by Gasteiger charge is 2.28. The number of fused-ring (bicyclic) bond motifs is 4. The van der Waals surface area contributed by atoms with Crippen molar-refractivity contribution in [3.05, 3.63) is 70.3 Å². The van der Waals surface area contributed by atoms with Crippen LogP contribution in [0.4, 0.5) is 0 Å². The Morgan fingerprint density at radius 2 is 1.88 bits per heavy atom. The van der Waals surface area contributed by atoms with Crippen LogP contribution in [0, 0.1) is 0 Å². The summed E-state index contributed by atoms with van der Waals surface area (Å²) >= 11 is 0. The van der Waals surface area contributed by atoms with Gasteiger partial charge in [-0.15, -0.1) is 0 Å². The van der Waals surface area contributed by atoms with Crippen molar-refractivity contribution in [3.8, 4) is 5.69 Å². The van der Waals surface area contributed by atoms with Crippen LogP contribution in [0.5, 0.6) is 0 Å². The van der Waals surface area contributed by atoms with Crippen molar-refractivity contribution in [3.63, 3.8) is 0 Å². The average molecular weight is 334 g/mol. The van der Waals surface area contributed by atoms with Crippen LogP contribution in [0.2, 0.25) is 0 Å². The average Bonchev–Trinajstić information content (AvgIpc) is 2.93. The fraction of sp³-hybridized carbons (Fsp3) is 0.211. The van der Waals surface area contributed by atoms with Gasteiger partial charge < -0.3 is 9.74 Å². The Kier molecular flexibility index (Phi) is 3.82. The largest absolute Gasteiger partial charge is 0.394 e. The van der Waals surface area contributed by atoms with Crippen LogP contribution in [0.1, 0.15) is 11.4 Å². The zero-order valence-electron chi connectivity index (χ0n) is 14.1. The van der Waals surface area contributed by atoms with Crippen LogP contribution in [0.25, 0.3) is 16.6 Å². The molecule has 1 aliphatic heterocycles. The first-order valence-corrected chi connectivity index (χ1v) is 8.13. The van der Waals surface area contributed by atoms with Crippen LogP contribution in [0.3, 0.4) is 0 Å². The number of hydrogen-bond donors (Lipinski definition) is 0. The van der Waals surface area contributed by atoms with Crippen molar-refractivity contribution in [1.82, 2.24) is 14.5 Å². The summed E-state index contributed by atoms with van der Waals surface area (Å²) in [5, 5.41) is 4.89. The maximum atomic E-state index is 13.0. The smallest absolute Gasteiger partial charge is 0.266 e. The van der Waals surface area contributed by atoms with E-state index in [2.05, 4.69) is 10.1 Å². The molecular formula is C19H18N4O2. The zero-order valence-corrected chi connectivity index (χ0v) is 14.1. The van der Waals surface area contributed by atoms with E-state index in [1.54, 1.807) is 10.6 Å². The Morgan fingerprint density at radius 3 is 2.72 bits per heavy atom. The predicted octanol–water partition coefficient (Wildman–Crippen LogP) is 2.03. The van der Waals surface area contributed by atoms with Gasteiger partial charge in [-0.1, -0.05) is 35.5 Å². The van der Waals surface area contributed by atoms with Crippen LogP contribution < -0.4 is 5.56 Å². The van der Waals surface area contributed by atoms with Crippen molar-refractivity contribution < 1.29 is 4.84 Å². The molecule has 0 amide bonds. The second-order valence-corrected chi connectivity index (χ2v) is 6.19. The summed E-state index contributed by atoms with van der Waals surface area (Å²) in [4.78, 5) is 25.1. The molecule has 2 aromatic carbocycles. The van der Waals surface area contributed by atoms with E-state index in [1.165, 1.54) is 0 Å². The lowest BCUT2D eigenvalue weighted by Crippen LogP contribution is -2.22. The summed E-state index contributed by atoms with van der Waals surface area (Å²) in [5.74, 6) is 0.523. The van der Waals surface area contributed by atoms with Gasteiger partial charge in [-0.25, -0.2) is 4.98 Å². The van der Waals surface area contributed by atoms with Crippen LogP contribution in [0.15, 0.2) is 58.5 Å². The SMILES string of the molecule is CN(C)CCO/N=C1\c2ccccc2-n2c1nc1ccccc1c2=O. The predicted molar refractivity (Wildman–Crippen MR) is 97.5 cm³/mol. The van der Waals surface area contributed by atoms with Gasteiger partial charge in [0.2, 0.25) is 0 Å². The molecule has 0 unspecified atom stereocenters. The number of likely N-dealkylation sites (N-methyl/N-ethyl adjacent to an activating group) is 1. The number of nitrogens with zero attached hydrogens (tertiary/aromatic N) is 4. The number of aromatic nitrogens is 2. The van der Waals surface area contributed by atoms with E-state index in [1.807, 2.05) is 61.5 Å². The maximum absolute atomic E-state index is 13.0. The lowest BCUT2D eigenvalue weighted by Gasteiger charge is -2.08. The van der Waals surface area contributed by atoms with Gasteiger partial charge in [-0.05, 0) is 32.3 Å². The summed E-state index contributed by atoms with van der Waals surface area (Å²) in [5.41, 5.74) is 2.80. The van der Waals surface area contributed by atoms with Crippen molar-refractivity contribution in [2.24, 2.45) is 5.16 Å². The van der Waals surface area contributed by atoms with Gasteiger partial charge in [0.1, 0.15) is 6.61 Å². The summed E-state index contributed by atoms with van der Waals surface area (Å²) in [6, 6.07) is 15.0. The molecule has 0 saturated heterocycles. The minimum atomic E-state index is -0.0912. The number of para-hydroxylation sites is 2. The standard InChI is InChI=1S/C19H18N4O2/c1-22(2)11-12-25-21-17-14-8-4-6-10-16(14)23-18(17)20-15-9-5-3-7-13(15)19(23)24/h3-10H,11-12H2,1-2H3/b21-17+. The highest BCUT2D eigenvalue weighted by molar-refractivity contribution is 6.16. The minimum Gasteiger partial charge on any atom is -0.394 e. The fourth-order valence-electron chi connectivity index (χ4n) is 2.93. The highest BCUT2D eigenvalue weighted by Crippen LogP contribution is 2.26. The Balaban J connectivity index is 1.88. The molecule has 1 aliphatic rings. The molecule has 6 heteroatoms. The second kappa shape index (κ2) is 6.14. The van der Waals surface area contributed by atoms with Crippen molar-refractivity contribution >= 4 is 16.6 Å². The first-order valence-electron chi connectivity index (χ1n) is 8.13. The zero-order chi connectivity index (χ0) is 17.4. The first-order chi connectivity index (χ1) is 12.2. The highest BCUT2D eigenvalue weighted by atomic mass is 16.6. The molecule has 3 aromatic rings. The van der Waals surface area contributed by atoms with Gasteiger partial charge in [0.05, 0.1) is 16.6 Å². The van der Waals surface area contributed by atoms with Crippen LogP contribution in [-0.4, -0.2) is 47.4 Å². The molecule has 0 saturated carbocycles. The molecule has 126 valence electrons. The molecule has 0 aliphatic carbocycles. The Morgan fingerprint density at radius 1 is 1.12 bits per heavy atom. The fourth-order valence-corrected chi connectivity index (χ4v) is 2.93. The lowest BCUT2D eigenvalue weighted by atomic mass is 10.1. The van der Waals surface area contributed by atoms with E-state index >= 15 is 0 Å². The first kappa shape index (κ1) is 15.5. The van der Waals surface area contributed by atoms with E-state index < -0.39 is 0 Å². The van der Waals surface area contributed by atoms with E-state index in [0.717, 1.165) is 17.8 Å². The molecule has 1 aromatic heterocycles. The summed E-state index contributed by atoms with van der Waals surface area (Å²) < 4.78 is 1.62. The van der Waals surface area contributed by atoms with Crippen LogP contribution >= 0.6 is 0 Å². The van der Waals surface area contributed by atoms with Gasteiger partial charge in [0.15, 0.2) is 11.5 Å². The summed E-state index contributed by atoms with van der Waals surface area (Å²) in [6.07, 6.45) is 0. The Labute approximate surface area is 145 Å². The quantitative estimate of drug-likeness (QED) is 0.423. The number of oxime groups is 1. The molecule has 4 rings (SSSR count). The summed E-state index contributed by atoms with van der Waals surface area (Å²) in [7, 11) is 3.95. The molecule has 0 radical (unpaired) electrons. The van der Waals surface area contributed by atoms with Crippen LogP contribution in [-0.2, 0) is 4.84 Å². The van der Waals surface area contributed by atoms with Gasteiger partial charge >= 0.3 is 0 Å². The van der Waals surface area contributed by atoms with E-state index in [4.69, 9.17) is 4.84 Å². The molecule has 6 nitrogen and oxygen atoms in total. The number of rotatable bonds is 4. The van der Waals surface area contributed by atoms with Crippen molar-refractivity contribution in [2.45, 2.75) is 0 Å². The number of benzene rings is 2. The molecule has 0 atom stereocenters. The monoisotopic (exact) mass is 334 g/mol. The van der Waals surface area contributed by atoms with Crippen molar-refractivity contribution in [1.29, 1.82) is 0 Å². The van der Waals surface area contributed by atoms with Gasteiger partial charge in [0.25, 0.3) is 5.56 Å². The van der Waals surface area contributed by atoms with Crippen molar-refractivity contribution in [2.75, 3.05) is 27.2 Å².